The first-order valence-corrected chi connectivity index (χ1v) is 9.59. The number of hydrogen-bond donors (Lipinski definition) is 0. The number of ketones is 1. The van der Waals surface area contributed by atoms with Crippen molar-refractivity contribution >= 4 is 34.9 Å². The minimum absolute atomic E-state index is 0.203. The minimum atomic E-state index is 0.203. The molecule has 0 heterocycles. The second-order valence-electron chi connectivity index (χ2n) is 4.91. The molecule has 1 aliphatic rings. The van der Waals surface area contributed by atoms with Crippen LogP contribution in [0, 0.1) is 5.92 Å². The van der Waals surface area contributed by atoms with Crippen molar-refractivity contribution in [2.45, 2.75) is 19.8 Å². The maximum absolute atomic E-state index is 12.4. The Hall–Kier alpha value is -0.670. The average Bonchev–Trinajstić information content (AvgIpc) is 2.85. The van der Waals surface area contributed by atoms with Gasteiger partial charge in [0.05, 0.1) is 0 Å². The first-order valence-electron chi connectivity index (χ1n) is 7.28. The third-order valence-corrected chi connectivity index (χ3v) is 5.63. The Balaban J connectivity index is 1.74. The summed E-state index contributed by atoms with van der Waals surface area (Å²) in [6.45, 7) is 2.20. The van der Waals surface area contributed by atoms with Crippen LogP contribution in [0.25, 0.3) is 5.57 Å². The van der Waals surface area contributed by atoms with E-state index in [0.29, 0.717) is 5.78 Å². The molecule has 1 aromatic carbocycles. The van der Waals surface area contributed by atoms with Crippen LogP contribution in [0.15, 0.2) is 36.4 Å². The lowest BCUT2D eigenvalue weighted by molar-refractivity contribution is -0.116. The van der Waals surface area contributed by atoms with Gasteiger partial charge < -0.3 is 0 Å². The molecule has 1 nitrogen and oxygen atoms in total. The molecular formula is C17H22OS2. The van der Waals surface area contributed by atoms with Crippen molar-refractivity contribution in [3.63, 3.8) is 0 Å². The molecule has 108 valence electrons. The molecule has 0 saturated carbocycles. The Morgan fingerprint density at radius 1 is 1.15 bits per heavy atom. The summed E-state index contributed by atoms with van der Waals surface area (Å²) in [5.41, 5.74) is 2.00. The van der Waals surface area contributed by atoms with Crippen molar-refractivity contribution in [3.05, 3.63) is 42.0 Å². The van der Waals surface area contributed by atoms with E-state index in [1.165, 1.54) is 23.7 Å². The Kier molecular flexibility index (Phi) is 6.74. The summed E-state index contributed by atoms with van der Waals surface area (Å²) in [7, 11) is 0. The number of hydrogen-bond acceptors (Lipinski definition) is 3. The van der Waals surface area contributed by atoms with Gasteiger partial charge in [-0.25, -0.2) is 0 Å². The van der Waals surface area contributed by atoms with Gasteiger partial charge in [-0.15, -0.1) is 0 Å². The van der Waals surface area contributed by atoms with Gasteiger partial charge in [0.2, 0.25) is 0 Å². The van der Waals surface area contributed by atoms with Crippen molar-refractivity contribution < 1.29 is 4.79 Å². The molecule has 20 heavy (non-hydrogen) atoms. The summed E-state index contributed by atoms with van der Waals surface area (Å²) < 4.78 is 0. The van der Waals surface area contributed by atoms with Gasteiger partial charge in [0.1, 0.15) is 0 Å². The van der Waals surface area contributed by atoms with Crippen LogP contribution in [0.3, 0.4) is 0 Å². The van der Waals surface area contributed by atoms with Gasteiger partial charge >= 0.3 is 0 Å². The fourth-order valence-electron chi connectivity index (χ4n) is 2.34. The predicted molar refractivity (Wildman–Crippen MR) is 92.5 cm³/mol. The predicted octanol–water partition coefficient (Wildman–Crippen LogP) is 4.54. The van der Waals surface area contributed by atoms with Crippen LogP contribution < -0.4 is 0 Å². The van der Waals surface area contributed by atoms with Crippen molar-refractivity contribution in [1.82, 2.24) is 0 Å². The molecule has 0 fully saturated rings. The summed E-state index contributed by atoms with van der Waals surface area (Å²) in [4.78, 5) is 12.4. The topological polar surface area (TPSA) is 17.1 Å². The molecule has 3 heteroatoms. The number of benzene rings is 1. The van der Waals surface area contributed by atoms with Crippen LogP contribution in [-0.4, -0.2) is 28.8 Å². The van der Waals surface area contributed by atoms with Gasteiger partial charge in [0, 0.05) is 17.2 Å². The summed E-state index contributed by atoms with van der Waals surface area (Å²) in [5.74, 6) is 5.15. The van der Waals surface area contributed by atoms with Crippen LogP contribution >= 0.6 is 23.5 Å². The van der Waals surface area contributed by atoms with Gasteiger partial charge in [-0.1, -0.05) is 43.3 Å². The van der Waals surface area contributed by atoms with E-state index in [0.717, 1.165) is 23.3 Å². The Labute approximate surface area is 130 Å². The molecule has 1 unspecified atom stereocenters. The molecule has 1 aliphatic carbocycles. The fraction of sp³-hybridized carbons (Fsp3) is 0.471. The fourth-order valence-corrected chi connectivity index (χ4v) is 4.25. The first-order chi connectivity index (χ1) is 9.83. The molecule has 2 rings (SSSR count). The minimum Gasteiger partial charge on any atom is -0.294 e. The lowest BCUT2D eigenvalue weighted by Crippen LogP contribution is -2.12. The zero-order valence-corrected chi connectivity index (χ0v) is 13.6. The van der Waals surface area contributed by atoms with Gasteiger partial charge in [0.25, 0.3) is 0 Å². The molecule has 0 radical (unpaired) electrons. The van der Waals surface area contributed by atoms with Crippen molar-refractivity contribution in [3.8, 4) is 0 Å². The van der Waals surface area contributed by atoms with Gasteiger partial charge in [-0.2, -0.15) is 23.5 Å². The second-order valence-corrected chi connectivity index (χ2v) is 7.45. The molecule has 1 aromatic rings. The molecule has 0 aliphatic heterocycles. The van der Waals surface area contributed by atoms with Gasteiger partial charge in [-0.3, -0.25) is 4.79 Å². The van der Waals surface area contributed by atoms with Crippen molar-refractivity contribution in [2.24, 2.45) is 5.92 Å². The number of rotatable bonds is 8. The third-order valence-electron chi connectivity index (χ3n) is 3.43. The smallest absolute Gasteiger partial charge is 0.167 e. The summed E-state index contributed by atoms with van der Waals surface area (Å²) in [5, 5.41) is 0. The largest absolute Gasteiger partial charge is 0.294 e. The lowest BCUT2D eigenvalue weighted by Gasteiger charge is -2.09. The Morgan fingerprint density at radius 3 is 2.65 bits per heavy atom. The van der Waals surface area contributed by atoms with Crippen molar-refractivity contribution in [2.75, 3.05) is 23.0 Å². The van der Waals surface area contributed by atoms with E-state index in [1.807, 2.05) is 53.9 Å². The number of carbonyl (C=O) groups is 1. The lowest BCUT2D eigenvalue weighted by atomic mass is 10.0. The molecular weight excluding hydrogens is 284 g/mol. The van der Waals surface area contributed by atoms with Crippen LogP contribution in [0.2, 0.25) is 0 Å². The number of thioether (sulfide) groups is 2. The van der Waals surface area contributed by atoms with E-state index in [1.54, 1.807) is 0 Å². The van der Waals surface area contributed by atoms with E-state index in [9.17, 15) is 4.79 Å². The number of Topliss-reactive ketones (excluding diaryl/α,β-unsaturated/α-hetero) is 1. The van der Waals surface area contributed by atoms with Gasteiger partial charge in [-0.05, 0) is 35.7 Å². The number of carbonyl (C=O) groups excluding carboxylic acids is 1. The second kappa shape index (κ2) is 8.58. The highest BCUT2D eigenvalue weighted by Crippen LogP contribution is 2.31. The monoisotopic (exact) mass is 306 g/mol. The van der Waals surface area contributed by atoms with Crippen molar-refractivity contribution in [1.29, 1.82) is 0 Å². The van der Waals surface area contributed by atoms with E-state index in [-0.39, 0.29) is 5.92 Å². The average molecular weight is 306 g/mol. The zero-order chi connectivity index (χ0) is 14.2. The SMILES string of the molecule is CCSCCCSCC1CC=C(c2ccccc2)C1=O. The normalized spacial score (nSPS) is 18.4. The highest BCUT2D eigenvalue weighted by Gasteiger charge is 2.27. The molecule has 0 N–H and O–H groups in total. The molecule has 0 aromatic heterocycles. The highest BCUT2D eigenvalue weighted by atomic mass is 32.2. The zero-order valence-electron chi connectivity index (χ0n) is 12.0. The maximum Gasteiger partial charge on any atom is 0.167 e. The quantitative estimate of drug-likeness (QED) is 0.657. The molecule has 0 bridgehead atoms. The molecule has 1 atom stereocenters. The van der Waals surface area contributed by atoms with Crippen LogP contribution in [0.5, 0.6) is 0 Å². The molecule has 0 amide bonds. The first kappa shape index (κ1) is 15.7. The van der Waals surface area contributed by atoms with E-state index >= 15 is 0 Å². The summed E-state index contributed by atoms with van der Waals surface area (Å²) in [6, 6.07) is 10.0. The Bertz CT molecular complexity index is 453. The Morgan fingerprint density at radius 2 is 1.90 bits per heavy atom. The summed E-state index contributed by atoms with van der Waals surface area (Å²) >= 11 is 3.93. The van der Waals surface area contributed by atoms with Gasteiger partial charge in [0.15, 0.2) is 5.78 Å². The highest BCUT2D eigenvalue weighted by molar-refractivity contribution is 8.00. The standard InChI is InChI=1S/C17H22OS2/c1-2-19-11-6-12-20-13-15-9-10-16(17(15)18)14-7-4-3-5-8-14/h3-5,7-8,10,15H,2,6,9,11-13H2,1H3. The number of allylic oxidation sites excluding steroid dienone is 2. The maximum atomic E-state index is 12.4. The molecule has 0 saturated heterocycles. The van der Waals surface area contributed by atoms with E-state index in [2.05, 4.69) is 13.0 Å². The third kappa shape index (κ3) is 4.42. The van der Waals surface area contributed by atoms with E-state index < -0.39 is 0 Å². The van der Waals surface area contributed by atoms with Crippen LogP contribution in [0.1, 0.15) is 25.3 Å². The van der Waals surface area contributed by atoms with Crippen LogP contribution in [0.4, 0.5) is 0 Å². The van der Waals surface area contributed by atoms with E-state index in [4.69, 9.17) is 0 Å². The summed E-state index contributed by atoms with van der Waals surface area (Å²) in [6.07, 6.45) is 4.29. The molecule has 0 spiro atoms. The van der Waals surface area contributed by atoms with Crippen LogP contribution in [-0.2, 0) is 4.79 Å².